The highest BCUT2D eigenvalue weighted by Gasteiger charge is 2.29. The molecule has 0 aliphatic carbocycles. The Morgan fingerprint density at radius 1 is 1.33 bits per heavy atom. The number of hydrogen-bond donors (Lipinski definition) is 1. The van der Waals surface area contributed by atoms with Crippen LogP contribution in [0.5, 0.6) is 0 Å². The van der Waals surface area contributed by atoms with Crippen LogP contribution in [0.1, 0.15) is 39.3 Å². The van der Waals surface area contributed by atoms with Crippen LogP contribution in [0.2, 0.25) is 0 Å². The highest BCUT2D eigenvalue weighted by molar-refractivity contribution is 4.95. The van der Waals surface area contributed by atoms with Crippen LogP contribution in [0, 0.1) is 0 Å². The number of nitrogens with zero attached hydrogens (tertiary/aromatic N) is 3. The number of aryl methyl sites for hydroxylation is 2. The molecule has 1 atom stereocenters. The SMILES string of the molecule is CCc1nc(CC)n(CC(NC)C(C)(C)OC)n1. The van der Waals surface area contributed by atoms with Gasteiger partial charge in [-0.25, -0.2) is 9.67 Å². The minimum absolute atomic E-state index is 0.194. The van der Waals surface area contributed by atoms with Crippen LogP contribution in [0.25, 0.3) is 0 Å². The minimum Gasteiger partial charge on any atom is -0.377 e. The van der Waals surface area contributed by atoms with Gasteiger partial charge in [-0.2, -0.15) is 5.10 Å². The lowest BCUT2D eigenvalue weighted by molar-refractivity contribution is -0.0139. The molecule has 0 bridgehead atoms. The van der Waals surface area contributed by atoms with E-state index in [1.165, 1.54) is 0 Å². The third-order valence-electron chi connectivity index (χ3n) is 3.49. The van der Waals surface area contributed by atoms with Crippen molar-refractivity contribution in [2.45, 2.75) is 58.7 Å². The van der Waals surface area contributed by atoms with Gasteiger partial charge in [0.15, 0.2) is 5.82 Å². The van der Waals surface area contributed by atoms with Gasteiger partial charge in [0.1, 0.15) is 5.82 Å². The molecule has 0 fully saturated rings. The molecule has 0 aliphatic heterocycles. The maximum absolute atomic E-state index is 5.55. The fourth-order valence-electron chi connectivity index (χ4n) is 1.96. The smallest absolute Gasteiger partial charge is 0.150 e. The van der Waals surface area contributed by atoms with Gasteiger partial charge in [0.25, 0.3) is 0 Å². The summed E-state index contributed by atoms with van der Waals surface area (Å²) in [6, 6.07) is 0.194. The lowest BCUT2D eigenvalue weighted by Crippen LogP contribution is -2.49. The van der Waals surface area contributed by atoms with Crippen molar-refractivity contribution in [1.29, 1.82) is 0 Å². The standard InChI is InChI=1S/C13H26N4O/c1-7-11-15-12(8-2)17(16-11)9-10(14-5)13(3,4)18-6/h10,14H,7-9H2,1-6H3. The molecule has 1 heterocycles. The Kier molecular flexibility index (Phi) is 5.28. The highest BCUT2D eigenvalue weighted by Crippen LogP contribution is 2.16. The summed E-state index contributed by atoms with van der Waals surface area (Å²) in [7, 11) is 3.69. The third kappa shape index (κ3) is 3.29. The van der Waals surface area contributed by atoms with Crippen molar-refractivity contribution in [3.8, 4) is 0 Å². The van der Waals surface area contributed by atoms with Crippen LogP contribution >= 0.6 is 0 Å². The Morgan fingerprint density at radius 2 is 2.00 bits per heavy atom. The van der Waals surface area contributed by atoms with Crippen molar-refractivity contribution in [2.24, 2.45) is 0 Å². The predicted octanol–water partition coefficient (Wildman–Crippen LogP) is 1.42. The van der Waals surface area contributed by atoms with Crippen molar-refractivity contribution in [1.82, 2.24) is 20.1 Å². The van der Waals surface area contributed by atoms with E-state index >= 15 is 0 Å². The summed E-state index contributed by atoms with van der Waals surface area (Å²) in [5.41, 5.74) is -0.238. The molecule has 0 amide bonds. The number of methoxy groups -OCH3 is 1. The van der Waals surface area contributed by atoms with E-state index in [0.717, 1.165) is 31.0 Å². The molecular weight excluding hydrogens is 228 g/mol. The van der Waals surface area contributed by atoms with Crippen molar-refractivity contribution in [3.05, 3.63) is 11.6 Å². The number of aromatic nitrogens is 3. The van der Waals surface area contributed by atoms with E-state index in [1.54, 1.807) is 7.11 Å². The Bertz CT molecular complexity index is 373. The molecule has 104 valence electrons. The molecule has 5 nitrogen and oxygen atoms in total. The zero-order chi connectivity index (χ0) is 13.8. The molecule has 1 rings (SSSR count). The van der Waals surface area contributed by atoms with Gasteiger partial charge in [-0.15, -0.1) is 0 Å². The summed E-state index contributed by atoms with van der Waals surface area (Å²) in [6.45, 7) is 9.12. The van der Waals surface area contributed by atoms with Crippen LogP contribution in [0.4, 0.5) is 0 Å². The van der Waals surface area contributed by atoms with Gasteiger partial charge in [-0.05, 0) is 20.9 Å². The average molecular weight is 254 g/mol. The Hall–Kier alpha value is -0.940. The van der Waals surface area contributed by atoms with Gasteiger partial charge in [-0.1, -0.05) is 13.8 Å². The zero-order valence-electron chi connectivity index (χ0n) is 12.4. The molecule has 18 heavy (non-hydrogen) atoms. The van der Waals surface area contributed by atoms with Crippen molar-refractivity contribution >= 4 is 0 Å². The lowest BCUT2D eigenvalue weighted by Gasteiger charge is -2.32. The summed E-state index contributed by atoms with van der Waals surface area (Å²) < 4.78 is 7.55. The largest absolute Gasteiger partial charge is 0.377 e. The second-order valence-corrected chi connectivity index (χ2v) is 4.98. The van der Waals surface area contributed by atoms with E-state index in [4.69, 9.17) is 4.74 Å². The molecule has 1 N–H and O–H groups in total. The minimum atomic E-state index is -0.238. The first-order valence-electron chi connectivity index (χ1n) is 6.63. The predicted molar refractivity (Wildman–Crippen MR) is 72.7 cm³/mol. The van der Waals surface area contributed by atoms with Gasteiger partial charge in [0, 0.05) is 20.0 Å². The van der Waals surface area contributed by atoms with E-state index in [2.05, 4.69) is 43.1 Å². The molecule has 0 aliphatic rings. The van der Waals surface area contributed by atoms with Gasteiger partial charge in [-0.3, -0.25) is 0 Å². The fraction of sp³-hybridized carbons (Fsp3) is 0.846. The van der Waals surface area contributed by atoms with E-state index in [1.807, 2.05) is 11.7 Å². The molecule has 5 heteroatoms. The van der Waals surface area contributed by atoms with Gasteiger partial charge < -0.3 is 10.1 Å². The summed E-state index contributed by atoms with van der Waals surface area (Å²) in [6.07, 6.45) is 1.77. The van der Waals surface area contributed by atoms with Crippen LogP contribution < -0.4 is 5.32 Å². The fourth-order valence-corrected chi connectivity index (χ4v) is 1.96. The first-order chi connectivity index (χ1) is 8.48. The third-order valence-corrected chi connectivity index (χ3v) is 3.49. The topological polar surface area (TPSA) is 52.0 Å². The van der Waals surface area contributed by atoms with Gasteiger partial charge in [0.05, 0.1) is 18.2 Å². The first-order valence-corrected chi connectivity index (χ1v) is 6.63. The zero-order valence-corrected chi connectivity index (χ0v) is 12.4. The first kappa shape index (κ1) is 15.1. The van der Waals surface area contributed by atoms with Crippen molar-refractivity contribution in [2.75, 3.05) is 14.2 Å². The van der Waals surface area contributed by atoms with E-state index < -0.39 is 0 Å². The maximum Gasteiger partial charge on any atom is 0.150 e. The Morgan fingerprint density at radius 3 is 2.44 bits per heavy atom. The van der Waals surface area contributed by atoms with Crippen molar-refractivity contribution < 1.29 is 4.74 Å². The van der Waals surface area contributed by atoms with Crippen LogP contribution in [-0.2, 0) is 24.1 Å². The van der Waals surface area contributed by atoms with Crippen LogP contribution in [-0.4, -0.2) is 40.6 Å². The normalized spacial score (nSPS) is 13.9. The molecule has 1 aromatic heterocycles. The lowest BCUT2D eigenvalue weighted by atomic mass is 9.99. The van der Waals surface area contributed by atoms with E-state index in [0.29, 0.717) is 0 Å². The van der Waals surface area contributed by atoms with Crippen LogP contribution in [0.3, 0.4) is 0 Å². The molecule has 0 saturated heterocycles. The second kappa shape index (κ2) is 6.29. The van der Waals surface area contributed by atoms with Crippen molar-refractivity contribution in [3.63, 3.8) is 0 Å². The monoisotopic (exact) mass is 254 g/mol. The van der Waals surface area contributed by atoms with E-state index in [-0.39, 0.29) is 11.6 Å². The number of rotatable bonds is 7. The summed E-state index contributed by atoms with van der Waals surface area (Å²) in [4.78, 5) is 4.53. The molecule has 1 unspecified atom stereocenters. The van der Waals surface area contributed by atoms with Gasteiger partial charge >= 0.3 is 0 Å². The molecule has 1 aromatic rings. The Balaban J connectivity index is 2.90. The van der Waals surface area contributed by atoms with Crippen LogP contribution in [0.15, 0.2) is 0 Å². The second-order valence-electron chi connectivity index (χ2n) is 4.98. The van der Waals surface area contributed by atoms with E-state index in [9.17, 15) is 0 Å². The quantitative estimate of drug-likeness (QED) is 0.799. The number of ether oxygens (including phenoxy) is 1. The average Bonchev–Trinajstić information content (AvgIpc) is 2.77. The molecular formula is C13H26N4O. The maximum atomic E-state index is 5.55. The molecule has 0 spiro atoms. The molecule has 0 radical (unpaired) electrons. The molecule has 0 aromatic carbocycles. The molecule has 0 saturated carbocycles. The Labute approximate surface area is 110 Å². The number of likely N-dealkylation sites (N-methyl/N-ethyl adjacent to an activating group) is 1. The number of nitrogens with one attached hydrogen (secondary N) is 1. The number of hydrogen-bond acceptors (Lipinski definition) is 4. The van der Waals surface area contributed by atoms with Gasteiger partial charge in [0.2, 0.25) is 0 Å². The summed E-state index contributed by atoms with van der Waals surface area (Å²) >= 11 is 0. The highest BCUT2D eigenvalue weighted by atomic mass is 16.5. The summed E-state index contributed by atoms with van der Waals surface area (Å²) in [5.74, 6) is 1.95. The summed E-state index contributed by atoms with van der Waals surface area (Å²) in [5, 5.41) is 7.85.